The van der Waals surface area contributed by atoms with Gasteiger partial charge in [0.1, 0.15) is 5.69 Å². The molecule has 1 heterocycles. The molecular weight excluding hydrogens is 264 g/mol. The summed E-state index contributed by atoms with van der Waals surface area (Å²) in [7, 11) is 1.63. The van der Waals surface area contributed by atoms with Crippen molar-refractivity contribution in [3.63, 3.8) is 0 Å². The summed E-state index contributed by atoms with van der Waals surface area (Å²) in [6.45, 7) is 2.02. The van der Waals surface area contributed by atoms with Crippen molar-refractivity contribution in [3.05, 3.63) is 11.9 Å². The Bertz CT molecular complexity index is 370. The third-order valence-electron chi connectivity index (χ3n) is 2.55. The Morgan fingerprint density at radius 2 is 2.37 bits per heavy atom. The Hall–Kier alpha value is -1.08. The summed E-state index contributed by atoms with van der Waals surface area (Å²) in [5.74, 6) is 1.10. The molecule has 0 radical (unpaired) electrons. The SMILES string of the molecule is COCc1cn(CCCCC(=O)NCCSC)nn1. The van der Waals surface area contributed by atoms with E-state index in [1.54, 1.807) is 23.6 Å². The number of nitrogens with one attached hydrogen (secondary N) is 1. The van der Waals surface area contributed by atoms with Crippen LogP contribution in [0, 0.1) is 0 Å². The average molecular weight is 286 g/mol. The number of aromatic nitrogens is 3. The van der Waals surface area contributed by atoms with Gasteiger partial charge in [-0.05, 0) is 19.1 Å². The van der Waals surface area contributed by atoms with Crippen LogP contribution >= 0.6 is 11.8 Å². The molecule has 1 amide bonds. The van der Waals surface area contributed by atoms with Crippen LogP contribution in [0.2, 0.25) is 0 Å². The van der Waals surface area contributed by atoms with Gasteiger partial charge in [0.05, 0.1) is 12.8 Å². The van der Waals surface area contributed by atoms with Gasteiger partial charge in [-0.15, -0.1) is 5.10 Å². The van der Waals surface area contributed by atoms with Crippen LogP contribution in [-0.4, -0.2) is 46.6 Å². The predicted octanol–water partition coefficient (Wildman–Crippen LogP) is 1.07. The van der Waals surface area contributed by atoms with Crippen molar-refractivity contribution < 1.29 is 9.53 Å². The zero-order valence-electron chi connectivity index (χ0n) is 11.6. The van der Waals surface area contributed by atoms with Crippen molar-refractivity contribution in [2.75, 3.05) is 25.7 Å². The topological polar surface area (TPSA) is 69.0 Å². The van der Waals surface area contributed by atoms with Crippen LogP contribution in [0.3, 0.4) is 0 Å². The molecule has 0 spiro atoms. The number of rotatable bonds is 10. The summed E-state index contributed by atoms with van der Waals surface area (Å²) in [6.07, 6.45) is 6.27. The van der Waals surface area contributed by atoms with Gasteiger partial charge in [0.2, 0.25) is 5.91 Å². The maximum Gasteiger partial charge on any atom is 0.220 e. The minimum atomic E-state index is 0.132. The summed E-state index contributed by atoms with van der Waals surface area (Å²) >= 11 is 1.73. The number of amides is 1. The van der Waals surface area contributed by atoms with Crippen LogP contribution in [0.5, 0.6) is 0 Å². The van der Waals surface area contributed by atoms with Gasteiger partial charge in [-0.25, -0.2) is 0 Å². The summed E-state index contributed by atoms with van der Waals surface area (Å²) in [5, 5.41) is 10.9. The molecule has 0 saturated heterocycles. The minimum absolute atomic E-state index is 0.132. The molecule has 1 aromatic rings. The van der Waals surface area contributed by atoms with E-state index in [-0.39, 0.29) is 5.91 Å². The molecule has 0 fully saturated rings. The fourth-order valence-corrected chi connectivity index (χ4v) is 1.91. The van der Waals surface area contributed by atoms with Crippen molar-refractivity contribution in [2.45, 2.75) is 32.4 Å². The van der Waals surface area contributed by atoms with E-state index in [1.807, 2.05) is 12.5 Å². The first kappa shape index (κ1) is 16.0. The first-order valence-electron chi connectivity index (χ1n) is 6.40. The van der Waals surface area contributed by atoms with E-state index in [9.17, 15) is 4.79 Å². The maximum atomic E-state index is 11.4. The van der Waals surface area contributed by atoms with E-state index in [4.69, 9.17) is 4.74 Å². The second-order valence-electron chi connectivity index (χ2n) is 4.21. The van der Waals surface area contributed by atoms with Gasteiger partial charge in [-0.2, -0.15) is 11.8 Å². The minimum Gasteiger partial charge on any atom is -0.378 e. The summed E-state index contributed by atoms with van der Waals surface area (Å²) in [4.78, 5) is 11.4. The molecule has 7 heteroatoms. The molecule has 0 aromatic carbocycles. The zero-order chi connectivity index (χ0) is 13.9. The van der Waals surface area contributed by atoms with Gasteiger partial charge in [-0.3, -0.25) is 9.48 Å². The highest BCUT2D eigenvalue weighted by Gasteiger charge is 2.02. The summed E-state index contributed by atoms with van der Waals surface area (Å²) in [5.41, 5.74) is 0.831. The standard InChI is InChI=1S/C12H22N4O2S/c1-18-10-11-9-16(15-14-11)7-4-3-5-12(17)13-6-8-19-2/h9H,3-8,10H2,1-2H3,(H,13,17). The van der Waals surface area contributed by atoms with E-state index >= 15 is 0 Å². The molecule has 0 atom stereocenters. The number of ether oxygens (including phenoxy) is 1. The molecule has 0 aliphatic rings. The monoisotopic (exact) mass is 286 g/mol. The van der Waals surface area contributed by atoms with Gasteiger partial charge in [0.25, 0.3) is 0 Å². The molecule has 0 saturated carbocycles. The molecule has 0 aliphatic carbocycles. The molecule has 1 aromatic heterocycles. The number of hydrogen-bond donors (Lipinski definition) is 1. The van der Waals surface area contributed by atoms with Gasteiger partial charge in [0.15, 0.2) is 0 Å². The molecule has 19 heavy (non-hydrogen) atoms. The predicted molar refractivity (Wildman–Crippen MR) is 76.0 cm³/mol. The van der Waals surface area contributed by atoms with Crippen LogP contribution in [0.25, 0.3) is 0 Å². The Labute approximate surface area is 118 Å². The molecule has 1 N–H and O–H groups in total. The van der Waals surface area contributed by atoms with Crippen LogP contribution in [-0.2, 0) is 22.7 Å². The number of thioether (sulfide) groups is 1. The number of nitrogens with zero attached hydrogens (tertiary/aromatic N) is 3. The van der Waals surface area contributed by atoms with Crippen molar-refractivity contribution in [1.29, 1.82) is 0 Å². The third kappa shape index (κ3) is 7.17. The van der Waals surface area contributed by atoms with Crippen LogP contribution in [0.15, 0.2) is 6.20 Å². The lowest BCUT2D eigenvalue weighted by Crippen LogP contribution is -2.25. The first-order chi connectivity index (χ1) is 9.26. The van der Waals surface area contributed by atoms with Gasteiger partial charge >= 0.3 is 0 Å². The smallest absolute Gasteiger partial charge is 0.220 e. The highest BCUT2D eigenvalue weighted by atomic mass is 32.2. The van der Waals surface area contributed by atoms with Crippen molar-refractivity contribution >= 4 is 17.7 Å². The second kappa shape index (κ2) is 9.80. The van der Waals surface area contributed by atoms with Crippen molar-refractivity contribution in [2.24, 2.45) is 0 Å². The van der Waals surface area contributed by atoms with E-state index in [0.29, 0.717) is 13.0 Å². The highest BCUT2D eigenvalue weighted by molar-refractivity contribution is 7.98. The fraction of sp³-hybridized carbons (Fsp3) is 0.750. The van der Waals surface area contributed by atoms with Gasteiger partial charge in [-0.1, -0.05) is 5.21 Å². The van der Waals surface area contributed by atoms with Crippen LogP contribution in [0.4, 0.5) is 0 Å². The Kier molecular flexibility index (Phi) is 8.24. The van der Waals surface area contributed by atoms with E-state index in [1.165, 1.54) is 0 Å². The number of carbonyl (C=O) groups is 1. The molecule has 0 bridgehead atoms. The molecule has 0 unspecified atom stereocenters. The lowest BCUT2D eigenvalue weighted by atomic mass is 10.2. The molecular formula is C12H22N4O2S. The molecule has 6 nitrogen and oxygen atoms in total. The second-order valence-corrected chi connectivity index (χ2v) is 5.19. The van der Waals surface area contributed by atoms with E-state index in [0.717, 1.165) is 37.4 Å². The van der Waals surface area contributed by atoms with E-state index in [2.05, 4.69) is 15.6 Å². The van der Waals surface area contributed by atoms with Crippen LogP contribution in [0.1, 0.15) is 25.0 Å². The fourth-order valence-electron chi connectivity index (χ4n) is 1.60. The number of hydrogen-bond acceptors (Lipinski definition) is 5. The average Bonchev–Trinajstić information content (AvgIpc) is 2.83. The molecule has 108 valence electrons. The number of carbonyl (C=O) groups excluding carboxylic acids is 1. The van der Waals surface area contributed by atoms with E-state index < -0.39 is 0 Å². The Morgan fingerprint density at radius 1 is 1.53 bits per heavy atom. The first-order valence-corrected chi connectivity index (χ1v) is 7.79. The van der Waals surface area contributed by atoms with Crippen LogP contribution < -0.4 is 5.32 Å². The lowest BCUT2D eigenvalue weighted by Gasteiger charge is -2.04. The quantitative estimate of drug-likeness (QED) is 0.652. The Balaban J connectivity index is 2.07. The van der Waals surface area contributed by atoms with Gasteiger partial charge in [0, 0.05) is 32.4 Å². The van der Waals surface area contributed by atoms with Gasteiger partial charge < -0.3 is 10.1 Å². The maximum absolute atomic E-state index is 11.4. The summed E-state index contributed by atoms with van der Waals surface area (Å²) < 4.78 is 6.77. The van der Waals surface area contributed by atoms with Crippen molar-refractivity contribution in [3.8, 4) is 0 Å². The number of aryl methyl sites for hydroxylation is 1. The third-order valence-corrected chi connectivity index (χ3v) is 3.16. The van der Waals surface area contributed by atoms with Crippen molar-refractivity contribution in [1.82, 2.24) is 20.3 Å². The molecule has 0 aliphatic heterocycles. The largest absolute Gasteiger partial charge is 0.378 e. The number of unbranched alkanes of at least 4 members (excludes halogenated alkanes) is 1. The number of methoxy groups -OCH3 is 1. The zero-order valence-corrected chi connectivity index (χ0v) is 12.4. The molecule has 1 rings (SSSR count). The normalized spacial score (nSPS) is 10.6. The summed E-state index contributed by atoms with van der Waals surface area (Å²) in [6, 6.07) is 0. The highest BCUT2D eigenvalue weighted by Crippen LogP contribution is 2.01. The lowest BCUT2D eigenvalue weighted by molar-refractivity contribution is -0.121. The Morgan fingerprint density at radius 3 is 3.11 bits per heavy atom.